The van der Waals surface area contributed by atoms with Crippen LogP contribution in [0.2, 0.25) is 0 Å². The molecule has 0 saturated heterocycles. The van der Waals surface area contributed by atoms with E-state index in [1.54, 1.807) is 60.7 Å². The van der Waals surface area contributed by atoms with Crippen LogP contribution in [0.25, 0.3) is 0 Å². The van der Waals surface area contributed by atoms with E-state index in [1.807, 2.05) is 0 Å². The van der Waals surface area contributed by atoms with Crippen LogP contribution >= 0.6 is 0 Å². The summed E-state index contributed by atoms with van der Waals surface area (Å²) >= 11 is 0. The summed E-state index contributed by atoms with van der Waals surface area (Å²) in [5, 5.41) is 0. The lowest BCUT2D eigenvalue weighted by Gasteiger charge is -2.10. The maximum Gasteiger partial charge on any atom is 0.519 e. The lowest BCUT2D eigenvalue weighted by Crippen LogP contribution is -2.21. The van der Waals surface area contributed by atoms with Crippen molar-refractivity contribution in [2.75, 3.05) is 0 Å². The topological polar surface area (TPSA) is 46.5 Å². The third-order valence-electron chi connectivity index (χ3n) is 2.64. The average molecular weight is 347 g/mol. The minimum atomic E-state index is -5.53. The molecule has 2 rings (SSSR count). The Hall–Kier alpha value is -1.67. The van der Waals surface area contributed by atoms with Gasteiger partial charge < -0.3 is 0 Å². The van der Waals surface area contributed by atoms with E-state index < -0.39 is 26.2 Å². The summed E-state index contributed by atoms with van der Waals surface area (Å²) < 4.78 is 63.5. The predicted octanol–water partition coefficient (Wildman–Crippen LogP) is 3.90. The van der Waals surface area contributed by atoms with Crippen LogP contribution in [0.1, 0.15) is 5.56 Å². The van der Waals surface area contributed by atoms with Crippen molar-refractivity contribution in [2.24, 2.45) is 3.77 Å². The molecule has 1 atom stereocenters. The van der Waals surface area contributed by atoms with E-state index in [0.29, 0.717) is 4.90 Å². The lowest BCUT2D eigenvalue weighted by atomic mass is 10.2. The third-order valence-corrected chi connectivity index (χ3v) is 6.15. The highest BCUT2D eigenvalue weighted by Crippen LogP contribution is 2.27. The van der Waals surface area contributed by atoms with Crippen LogP contribution in [0.15, 0.2) is 69.3 Å². The third kappa shape index (κ3) is 4.17. The highest BCUT2D eigenvalue weighted by Gasteiger charge is 2.46. The van der Waals surface area contributed by atoms with Gasteiger partial charge in [-0.05, 0) is 28.4 Å². The number of sulfonamides is 1. The molecule has 0 saturated carbocycles. The van der Waals surface area contributed by atoms with Crippen LogP contribution in [0.3, 0.4) is 0 Å². The normalized spacial score (nSPS) is 14.0. The molecule has 0 aliphatic carbocycles. The Morgan fingerprint density at radius 1 is 0.909 bits per heavy atom. The summed E-state index contributed by atoms with van der Waals surface area (Å²) in [5.74, 6) is 0.0974. The Labute approximate surface area is 129 Å². The van der Waals surface area contributed by atoms with Gasteiger partial charge in [-0.15, -0.1) is 3.77 Å². The molecule has 1 unspecified atom stereocenters. The molecule has 0 spiro atoms. The van der Waals surface area contributed by atoms with Gasteiger partial charge in [-0.1, -0.05) is 48.5 Å². The zero-order valence-electron chi connectivity index (χ0n) is 11.2. The van der Waals surface area contributed by atoms with Gasteiger partial charge in [0.2, 0.25) is 0 Å². The maximum atomic E-state index is 12.6. The Bertz CT molecular complexity index is 758. The summed E-state index contributed by atoms with van der Waals surface area (Å²) in [5.41, 5.74) is -4.67. The van der Waals surface area contributed by atoms with Crippen molar-refractivity contribution >= 4 is 20.7 Å². The molecule has 2 aromatic rings. The fourth-order valence-electron chi connectivity index (χ4n) is 1.62. The van der Waals surface area contributed by atoms with E-state index in [4.69, 9.17) is 0 Å². The number of benzene rings is 2. The molecule has 0 amide bonds. The second kappa shape index (κ2) is 6.62. The SMILES string of the molecule is O=S(=O)(/N=S(\Cc1ccccc1)c1ccccc1)C(F)(F)F. The van der Waals surface area contributed by atoms with Gasteiger partial charge in [0.05, 0.1) is 0 Å². The summed E-state index contributed by atoms with van der Waals surface area (Å²) in [6, 6.07) is 16.8. The summed E-state index contributed by atoms with van der Waals surface area (Å²) in [4.78, 5) is 0.444. The number of rotatable bonds is 4. The van der Waals surface area contributed by atoms with E-state index in [2.05, 4.69) is 3.77 Å². The molecule has 0 radical (unpaired) electrons. The quantitative estimate of drug-likeness (QED) is 0.842. The highest BCUT2D eigenvalue weighted by molar-refractivity contribution is 8.00. The molecule has 0 aliphatic heterocycles. The molecule has 0 heterocycles. The predicted molar refractivity (Wildman–Crippen MR) is 79.6 cm³/mol. The fourth-order valence-corrected chi connectivity index (χ4v) is 4.61. The molecule has 2 aromatic carbocycles. The van der Waals surface area contributed by atoms with Crippen molar-refractivity contribution in [3.05, 3.63) is 66.2 Å². The molecule has 0 fully saturated rings. The van der Waals surface area contributed by atoms with Crippen molar-refractivity contribution in [1.82, 2.24) is 0 Å². The molecule has 0 aromatic heterocycles. The Morgan fingerprint density at radius 3 is 1.91 bits per heavy atom. The molecule has 0 aliphatic rings. The van der Waals surface area contributed by atoms with E-state index in [-0.39, 0.29) is 5.75 Å². The molecular formula is C14H12F3NO2S2. The second-order valence-electron chi connectivity index (χ2n) is 4.30. The smallest absolute Gasteiger partial charge is 0.194 e. The first kappa shape index (κ1) is 16.7. The average Bonchev–Trinajstić information content (AvgIpc) is 2.47. The van der Waals surface area contributed by atoms with Crippen molar-refractivity contribution < 1.29 is 21.6 Å². The molecule has 0 bridgehead atoms. The van der Waals surface area contributed by atoms with Crippen LogP contribution < -0.4 is 0 Å². The monoisotopic (exact) mass is 347 g/mol. The zero-order chi connectivity index (χ0) is 16.2. The van der Waals surface area contributed by atoms with Crippen molar-refractivity contribution in [2.45, 2.75) is 16.2 Å². The maximum absolute atomic E-state index is 12.6. The number of hydrogen-bond donors (Lipinski definition) is 0. The number of alkyl halides is 3. The van der Waals surface area contributed by atoms with Gasteiger partial charge in [0.1, 0.15) is 0 Å². The van der Waals surface area contributed by atoms with E-state index in [9.17, 15) is 21.6 Å². The molecule has 8 heteroatoms. The van der Waals surface area contributed by atoms with Crippen LogP contribution in [0.4, 0.5) is 13.2 Å². The van der Waals surface area contributed by atoms with E-state index >= 15 is 0 Å². The van der Waals surface area contributed by atoms with Gasteiger partial charge >= 0.3 is 15.5 Å². The molecule has 22 heavy (non-hydrogen) atoms. The molecule has 118 valence electrons. The zero-order valence-corrected chi connectivity index (χ0v) is 12.8. The van der Waals surface area contributed by atoms with Crippen LogP contribution in [-0.4, -0.2) is 13.9 Å². The van der Waals surface area contributed by atoms with Crippen molar-refractivity contribution in [3.8, 4) is 0 Å². The summed E-state index contributed by atoms with van der Waals surface area (Å²) in [6.07, 6.45) is 0. The van der Waals surface area contributed by atoms with Gasteiger partial charge in [0.25, 0.3) is 0 Å². The first-order valence-corrected chi connectivity index (χ1v) is 8.93. The summed E-state index contributed by atoms with van der Waals surface area (Å²) in [7, 11) is -6.97. The fraction of sp³-hybridized carbons (Fsp3) is 0.143. The molecular weight excluding hydrogens is 335 g/mol. The summed E-state index contributed by atoms with van der Waals surface area (Å²) in [6.45, 7) is 0. The first-order chi connectivity index (χ1) is 10.3. The highest BCUT2D eigenvalue weighted by atomic mass is 32.3. The van der Waals surface area contributed by atoms with Crippen molar-refractivity contribution in [3.63, 3.8) is 0 Å². The van der Waals surface area contributed by atoms with Gasteiger partial charge in [0, 0.05) is 10.6 Å². The number of nitrogens with zero attached hydrogens (tertiary/aromatic N) is 1. The van der Waals surface area contributed by atoms with Gasteiger partial charge in [-0.25, -0.2) is 0 Å². The molecule has 3 nitrogen and oxygen atoms in total. The van der Waals surface area contributed by atoms with Crippen molar-refractivity contribution in [1.29, 1.82) is 0 Å². The largest absolute Gasteiger partial charge is 0.519 e. The van der Waals surface area contributed by atoms with E-state index in [0.717, 1.165) is 5.56 Å². The second-order valence-corrected chi connectivity index (χ2v) is 7.80. The van der Waals surface area contributed by atoms with Gasteiger partial charge in [-0.2, -0.15) is 21.6 Å². The Balaban J connectivity index is 2.48. The minimum Gasteiger partial charge on any atom is -0.194 e. The standard InChI is InChI=1S/C14H12F3NO2S2/c15-14(16,17)22(19,20)18-21(13-9-5-2-6-10-13)11-12-7-3-1-4-8-12/h1-10H,11H2. The number of halogens is 3. The Kier molecular flexibility index (Phi) is 5.02. The lowest BCUT2D eigenvalue weighted by molar-refractivity contribution is -0.0434. The van der Waals surface area contributed by atoms with Gasteiger partial charge in [0.15, 0.2) is 0 Å². The van der Waals surface area contributed by atoms with Crippen LogP contribution in [0.5, 0.6) is 0 Å². The van der Waals surface area contributed by atoms with Crippen LogP contribution in [0, 0.1) is 0 Å². The number of hydrogen-bond acceptors (Lipinski definition) is 2. The van der Waals surface area contributed by atoms with E-state index in [1.165, 1.54) is 0 Å². The first-order valence-electron chi connectivity index (χ1n) is 6.14. The van der Waals surface area contributed by atoms with Crippen LogP contribution in [-0.2, 0) is 26.5 Å². The Morgan fingerprint density at radius 2 is 1.41 bits per heavy atom. The van der Waals surface area contributed by atoms with Gasteiger partial charge in [-0.3, -0.25) is 0 Å². The minimum absolute atomic E-state index is 0.0974. The molecule has 0 N–H and O–H groups in total.